The van der Waals surface area contributed by atoms with Crippen molar-refractivity contribution in [2.24, 2.45) is 5.73 Å². The van der Waals surface area contributed by atoms with E-state index in [1.165, 1.54) is 6.07 Å². The van der Waals surface area contributed by atoms with Crippen molar-refractivity contribution in [2.75, 3.05) is 12.0 Å². The molecule has 31 heavy (non-hydrogen) atoms. The third-order valence-electron chi connectivity index (χ3n) is 4.67. The molecule has 0 aliphatic heterocycles. The van der Waals surface area contributed by atoms with E-state index in [0.29, 0.717) is 23.2 Å². The average molecular weight is 492 g/mol. The largest absolute Gasteiger partial charge is 0.487 e. The fourth-order valence-electron chi connectivity index (χ4n) is 3.05. The van der Waals surface area contributed by atoms with Gasteiger partial charge in [-0.15, -0.1) is 0 Å². The standard InChI is InChI=1S/C22H20BrF2N3O3/c1-13-17(9-10-26)20(31-12-15-7-8-16(24)11-18(15)25)19(23)22(30)28(13)27-21(29)14-5-3-2-4-6-14/h2-8,11H,9-10,12,26H2,1H3,(H,27,29). The number of ether oxygens (including phenoxy) is 1. The molecule has 0 unspecified atom stereocenters. The maximum atomic E-state index is 14.0. The van der Waals surface area contributed by atoms with Gasteiger partial charge in [0.2, 0.25) is 0 Å². The second-order valence-electron chi connectivity index (χ2n) is 6.72. The fourth-order valence-corrected chi connectivity index (χ4v) is 3.58. The molecular weight excluding hydrogens is 472 g/mol. The van der Waals surface area contributed by atoms with Gasteiger partial charge in [-0.05, 0) is 60.1 Å². The van der Waals surface area contributed by atoms with Crippen molar-refractivity contribution in [1.29, 1.82) is 0 Å². The molecule has 0 saturated heterocycles. The molecule has 1 heterocycles. The minimum absolute atomic E-state index is 0.0532. The minimum atomic E-state index is -0.753. The van der Waals surface area contributed by atoms with Crippen LogP contribution in [0.2, 0.25) is 0 Å². The van der Waals surface area contributed by atoms with Crippen LogP contribution in [0.25, 0.3) is 0 Å². The zero-order valence-corrected chi connectivity index (χ0v) is 18.2. The smallest absolute Gasteiger partial charge is 0.287 e. The molecule has 2 aromatic carbocycles. The second-order valence-corrected chi connectivity index (χ2v) is 7.51. The van der Waals surface area contributed by atoms with Gasteiger partial charge in [0.05, 0.1) is 0 Å². The first kappa shape index (κ1) is 22.6. The van der Waals surface area contributed by atoms with Crippen LogP contribution in [0, 0.1) is 18.6 Å². The van der Waals surface area contributed by atoms with Crippen molar-refractivity contribution in [3.63, 3.8) is 0 Å². The third kappa shape index (κ3) is 5.00. The van der Waals surface area contributed by atoms with Crippen molar-refractivity contribution >= 4 is 21.8 Å². The highest BCUT2D eigenvalue weighted by Gasteiger charge is 2.21. The number of nitrogens with one attached hydrogen (secondary N) is 1. The van der Waals surface area contributed by atoms with Crippen molar-refractivity contribution in [3.05, 3.63) is 97.4 Å². The van der Waals surface area contributed by atoms with E-state index in [4.69, 9.17) is 10.5 Å². The van der Waals surface area contributed by atoms with Crippen LogP contribution in [-0.4, -0.2) is 17.1 Å². The SMILES string of the molecule is Cc1c(CCN)c(OCc2ccc(F)cc2F)c(Br)c(=O)n1NC(=O)c1ccccc1. The van der Waals surface area contributed by atoms with E-state index in [1.54, 1.807) is 37.3 Å². The van der Waals surface area contributed by atoms with Gasteiger partial charge < -0.3 is 10.5 Å². The van der Waals surface area contributed by atoms with Crippen LogP contribution in [0.15, 0.2) is 57.8 Å². The van der Waals surface area contributed by atoms with Gasteiger partial charge in [-0.25, -0.2) is 13.5 Å². The van der Waals surface area contributed by atoms with Gasteiger partial charge in [-0.1, -0.05) is 18.2 Å². The van der Waals surface area contributed by atoms with E-state index in [2.05, 4.69) is 21.4 Å². The Hall–Kier alpha value is -3.04. The van der Waals surface area contributed by atoms with Gasteiger partial charge in [0.15, 0.2) is 0 Å². The molecule has 0 bridgehead atoms. The first-order valence-electron chi connectivity index (χ1n) is 9.40. The molecule has 0 atom stereocenters. The zero-order valence-electron chi connectivity index (χ0n) is 16.6. The summed E-state index contributed by atoms with van der Waals surface area (Å²) in [6.07, 6.45) is 0.340. The molecule has 6 nitrogen and oxygen atoms in total. The normalized spacial score (nSPS) is 10.7. The van der Waals surface area contributed by atoms with Gasteiger partial charge in [-0.2, -0.15) is 0 Å². The average Bonchev–Trinajstić information content (AvgIpc) is 2.76. The lowest BCUT2D eigenvalue weighted by Crippen LogP contribution is -2.36. The Morgan fingerprint density at radius 1 is 1.19 bits per heavy atom. The summed E-state index contributed by atoms with van der Waals surface area (Å²) in [7, 11) is 0. The lowest BCUT2D eigenvalue weighted by Gasteiger charge is -2.20. The monoisotopic (exact) mass is 491 g/mol. The van der Waals surface area contributed by atoms with Gasteiger partial charge in [0, 0.05) is 28.5 Å². The summed E-state index contributed by atoms with van der Waals surface area (Å²) in [5.41, 5.74) is 9.28. The molecule has 0 aliphatic rings. The summed E-state index contributed by atoms with van der Waals surface area (Å²) in [6.45, 7) is 1.68. The fraction of sp³-hybridized carbons (Fsp3) is 0.182. The van der Waals surface area contributed by atoms with E-state index in [1.807, 2.05) is 0 Å². The second kappa shape index (κ2) is 9.84. The molecule has 0 saturated carbocycles. The Balaban J connectivity index is 1.97. The number of halogens is 3. The maximum Gasteiger partial charge on any atom is 0.287 e. The van der Waals surface area contributed by atoms with Crippen LogP contribution in [0.3, 0.4) is 0 Å². The predicted molar refractivity (Wildman–Crippen MR) is 117 cm³/mol. The number of aromatic nitrogens is 1. The lowest BCUT2D eigenvalue weighted by atomic mass is 10.1. The number of amides is 1. The summed E-state index contributed by atoms with van der Waals surface area (Å²) < 4.78 is 34.0. The molecule has 3 rings (SSSR count). The quantitative estimate of drug-likeness (QED) is 0.527. The van der Waals surface area contributed by atoms with Crippen LogP contribution >= 0.6 is 15.9 Å². The number of nitrogens with zero attached hydrogens (tertiary/aromatic N) is 1. The van der Waals surface area contributed by atoms with E-state index >= 15 is 0 Å². The van der Waals surface area contributed by atoms with Crippen molar-refractivity contribution < 1.29 is 18.3 Å². The number of benzene rings is 2. The molecule has 3 aromatic rings. The first-order chi connectivity index (χ1) is 14.8. The Bertz CT molecular complexity index is 1170. The van der Waals surface area contributed by atoms with E-state index in [0.717, 1.165) is 16.8 Å². The number of hydrogen-bond acceptors (Lipinski definition) is 4. The minimum Gasteiger partial charge on any atom is -0.487 e. The molecular formula is C22H20BrF2N3O3. The molecule has 0 spiro atoms. The van der Waals surface area contributed by atoms with Gasteiger partial charge in [0.1, 0.15) is 28.5 Å². The number of pyridine rings is 1. The van der Waals surface area contributed by atoms with E-state index in [-0.39, 0.29) is 28.9 Å². The zero-order chi connectivity index (χ0) is 22.5. The Morgan fingerprint density at radius 3 is 2.55 bits per heavy atom. The number of carbonyl (C=O) groups excluding carboxylic acids is 1. The number of hydrogen-bond donors (Lipinski definition) is 2. The van der Waals surface area contributed by atoms with Crippen molar-refractivity contribution in [1.82, 2.24) is 4.68 Å². The summed E-state index contributed by atoms with van der Waals surface area (Å²) in [6, 6.07) is 11.6. The number of rotatable bonds is 7. The Morgan fingerprint density at radius 2 is 1.90 bits per heavy atom. The first-order valence-corrected chi connectivity index (χ1v) is 10.2. The summed E-state index contributed by atoms with van der Waals surface area (Å²) in [5, 5.41) is 0. The Kier molecular flexibility index (Phi) is 7.19. The molecule has 0 radical (unpaired) electrons. The van der Waals surface area contributed by atoms with Gasteiger partial charge >= 0.3 is 0 Å². The van der Waals surface area contributed by atoms with E-state index < -0.39 is 23.1 Å². The molecule has 1 amide bonds. The molecule has 1 aromatic heterocycles. The highest BCUT2D eigenvalue weighted by molar-refractivity contribution is 9.10. The van der Waals surface area contributed by atoms with Crippen molar-refractivity contribution in [3.8, 4) is 5.75 Å². The molecule has 3 N–H and O–H groups in total. The van der Waals surface area contributed by atoms with Crippen LogP contribution < -0.4 is 21.5 Å². The van der Waals surface area contributed by atoms with Crippen LogP contribution in [0.4, 0.5) is 8.78 Å². The number of carbonyl (C=O) groups is 1. The third-order valence-corrected chi connectivity index (χ3v) is 5.37. The van der Waals surface area contributed by atoms with E-state index in [9.17, 15) is 18.4 Å². The lowest BCUT2D eigenvalue weighted by molar-refractivity contribution is 0.101. The van der Waals surface area contributed by atoms with Crippen LogP contribution in [-0.2, 0) is 13.0 Å². The van der Waals surface area contributed by atoms with Gasteiger partial charge in [0.25, 0.3) is 11.5 Å². The molecule has 0 fully saturated rings. The van der Waals surface area contributed by atoms with Crippen LogP contribution in [0.1, 0.15) is 27.2 Å². The molecule has 0 aliphatic carbocycles. The summed E-state index contributed by atoms with van der Waals surface area (Å²) in [5.74, 6) is -1.71. The Labute approximate surface area is 185 Å². The summed E-state index contributed by atoms with van der Waals surface area (Å²) in [4.78, 5) is 25.5. The van der Waals surface area contributed by atoms with Gasteiger partial charge in [-0.3, -0.25) is 15.0 Å². The highest BCUT2D eigenvalue weighted by Crippen LogP contribution is 2.30. The topological polar surface area (TPSA) is 86.3 Å². The predicted octanol–water partition coefficient (Wildman–Crippen LogP) is 3.66. The molecule has 162 valence electrons. The highest BCUT2D eigenvalue weighted by atomic mass is 79.9. The van der Waals surface area contributed by atoms with Crippen molar-refractivity contribution in [2.45, 2.75) is 20.0 Å². The van der Waals surface area contributed by atoms with Crippen LogP contribution in [0.5, 0.6) is 5.75 Å². The summed E-state index contributed by atoms with van der Waals surface area (Å²) >= 11 is 3.23. The maximum absolute atomic E-state index is 14.0. The number of nitrogens with two attached hydrogens (primary N) is 1. The molecule has 9 heteroatoms.